The Morgan fingerprint density at radius 1 is 1.50 bits per heavy atom. The largest absolute Gasteiger partial charge is 0.356 e. The van der Waals surface area contributed by atoms with Crippen molar-refractivity contribution in [2.75, 3.05) is 18.0 Å². The van der Waals surface area contributed by atoms with Crippen molar-refractivity contribution < 1.29 is 9.59 Å². The molecule has 2 rings (SSSR count). The first-order chi connectivity index (χ1) is 9.61. The number of amides is 2. The molecule has 1 N–H and O–H groups in total. The number of hydrogen-bond donors (Lipinski definition) is 1. The van der Waals surface area contributed by atoms with Gasteiger partial charge in [-0.15, -0.1) is 0 Å². The summed E-state index contributed by atoms with van der Waals surface area (Å²) in [6.45, 7) is 3.24. The van der Waals surface area contributed by atoms with Crippen LogP contribution in [0, 0.1) is 5.92 Å². The second-order valence-electron chi connectivity index (χ2n) is 5.03. The van der Waals surface area contributed by atoms with Crippen molar-refractivity contribution in [3.05, 3.63) is 28.7 Å². The van der Waals surface area contributed by atoms with Gasteiger partial charge in [0.25, 0.3) is 0 Å². The molecule has 1 aliphatic heterocycles. The molecule has 4 nitrogen and oxygen atoms in total. The number of carbonyl (C=O) groups is 2. The summed E-state index contributed by atoms with van der Waals surface area (Å²) in [7, 11) is 0. The van der Waals surface area contributed by atoms with E-state index in [9.17, 15) is 9.59 Å². The molecule has 5 heteroatoms. The van der Waals surface area contributed by atoms with E-state index in [2.05, 4.69) is 28.2 Å². The van der Waals surface area contributed by atoms with Crippen LogP contribution in [0.5, 0.6) is 0 Å². The number of nitrogens with zero attached hydrogens (tertiary/aromatic N) is 1. The Labute approximate surface area is 127 Å². The number of hydrogen-bond acceptors (Lipinski definition) is 2. The molecule has 2 amide bonds. The lowest BCUT2D eigenvalue weighted by Gasteiger charge is -2.17. The summed E-state index contributed by atoms with van der Waals surface area (Å²) in [5.41, 5.74) is 0.841. The van der Waals surface area contributed by atoms with Crippen LogP contribution in [0.2, 0.25) is 0 Å². The fourth-order valence-electron chi connectivity index (χ4n) is 2.31. The summed E-state index contributed by atoms with van der Waals surface area (Å²) in [4.78, 5) is 25.8. The number of nitrogens with one attached hydrogen (secondary N) is 1. The van der Waals surface area contributed by atoms with Gasteiger partial charge in [0, 0.05) is 29.7 Å². The Kier molecular flexibility index (Phi) is 5.17. The Morgan fingerprint density at radius 3 is 3.00 bits per heavy atom. The second kappa shape index (κ2) is 6.88. The maximum Gasteiger partial charge on any atom is 0.227 e. The third-order valence-electron chi connectivity index (χ3n) is 3.45. The van der Waals surface area contributed by atoms with Crippen LogP contribution in [0.25, 0.3) is 0 Å². The first-order valence-corrected chi connectivity index (χ1v) is 7.74. The van der Waals surface area contributed by atoms with Gasteiger partial charge < -0.3 is 10.2 Å². The molecule has 1 saturated heterocycles. The molecule has 108 valence electrons. The zero-order chi connectivity index (χ0) is 14.5. The average Bonchev–Trinajstić information content (AvgIpc) is 2.81. The van der Waals surface area contributed by atoms with Crippen LogP contribution in [0.3, 0.4) is 0 Å². The topological polar surface area (TPSA) is 49.4 Å². The third-order valence-corrected chi connectivity index (χ3v) is 3.94. The fraction of sp³-hybridized carbons (Fsp3) is 0.467. The van der Waals surface area contributed by atoms with Crippen molar-refractivity contribution in [2.45, 2.75) is 26.2 Å². The molecule has 1 fully saturated rings. The van der Waals surface area contributed by atoms with Gasteiger partial charge in [-0.25, -0.2) is 0 Å². The van der Waals surface area contributed by atoms with Crippen molar-refractivity contribution in [3.8, 4) is 0 Å². The maximum atomic E-state index is 12.1. The average molecular weight is 339 g/mol. The van der Waals surface area contributed by atoms with Gasteiger partial charge in [0.05, 0.1) is 5.92 Å². The minimum atomic E-state index is -0.238. The molecule has 20 heavy (non-hydrogen) atoms. The highest BCUT2D eigenvalue weighted by atomic mass is 79.9. The van der Waals surface area contributed by atoms with Crippen molar-refractivity contribution in [1.82, 2.24) is 5.32 Å². The van der Waals surface area contributed by atoms with E-state index in [0.29, 0.717) is 19.5 Å². The molecule has 1 aromatic carbocycles. The van der Waals surface area contributed by atoms with Crippen LogP contribution in [-0.4, -0.2) is 24.9 Å². The van der Waals surface area contributed by atoms with Crippen molar-refractivity contribution in [3.63, 3.8) is 0 Å². The number of anilines is 1. The van der Waals surface area contributed by atoms with Crippen molar-refractivity contribution in [1.29, 1.82) is 0 Å². The Morgan fingerprint density at radius 2 is 2.30 bits per heavy atom. The van der Waals surface area contributed by atoms with Gasteiger partial charge in [-0.3, -0.25) is 9.59 Å². The number of halogens is 1. The second-order valence-corrected chi connectivity index (χ2v) is 5.95. The van der Waals surface area contributed by atoms with Gasteiger partial charge in [-0.05, 0) is 24.6 Å². The van der Waals surface area contributed by atoms with Crippen LogP contribution >= 0.6 is 15.9 Å². The minimum Gasteiger partial charge on any atom is -0.356 e. The van der Waals surface area contributed by atoms with Crippen LogP contribution in [0.1, 0.15) is 26.2 Å². The van der Waals surface area contributed by atoms with E-state index in [4.69, 9.17) is 0 Å². The van der Waals surface area contributed by atoms with Gasteiger partial charge >= 0.3 is 0 Å². The number of benzene rings is 1. The number of rotatable bonds is 5. The Balaban J connectivity index is 1.98. The molecule has 0 saturated carbocycles. The summed E-state index contributed by atoms with van der Waals surface area (Å²) in [6, 6.07) is 7.59. The number of carbonyl (C=O) groups excluding carboxylic acids is 2. The standard InChI is InChI=1S/C15H19BrN2O2/c1-2-3-7-17-15(20)11-8-14(19)18(10-11)13-6-4-5-12(16)9-13/h4-6,9,11H,2-3,7-8,10H2,1H3,(H,17,20). The van der Waals surface area contributed by atoms with Crippen LogP contribution in [-0.2, 0) is 9.59 Å². The lowest BCUT2D eigenvalue weighted by molar-refractivity contribution is -0.126. The predicted molar refractivity (Wildman–Crippen MR) is 82.5 cm³/mol. The van der Waals surface area contributed by atoms with E-state index in [1.807, 2.05) is 24.3 Å². The minimum absolute atomic E-state index is 0.00991. The third kappa shape index (κ3) is 3.60. The highest BCUT2D eigenvalue weighted by molar-refractivity contribution is 9.10. The molecule has 1 aromatic rings. The molecular weight excluding hydrogens is 320 g/mol. The normalized spacial score (nSPS) is 18.4. The maximum absolute atomic E-state index is 12.1. The lowest BCUT2D eigenvalue weighted by atomic mass is 10.1. The molecule has 1 unspecified atom stereocenters. The summed E-state index contributed by atoms with van der Waals surface area (Å²) in [6.07, 6.45) is 2.32. The van der Waals surface area contributed by atoms with Crippen LogP contribution in [0.15, 0.2) is 28.7 Å². The van der Waals surface area contributed by atoms with E-state index in [1.54, 1.807) is 4.90 Å². The van der Waals surface area contributed by atoms with Gasteiger partial charge in [-0.2, -0.15) is 0 Å². The zero-order valence-electron chi connectivity index (χ0n) is 11.6. The summed E-state index contributed by atoms with van der Waals surface area (Å²) < 4.78 is 0.929. The molecule has 0 radical (unpaired) electrons. The van der Waals surface area contributed by atoms with Crippen LogP contribution < -0.4 is 10.2 Å². The Hall–Kier alpha value is -1.36. The summed E-state index contributed by atoms with van der Waals surface area (Å²) in [5, 5.41) is 2.90. The quantitative estimate of drug-likeness (QED) is 0.839. The summed E-state index contributed by atoms with van der Waals surface area (Å²) >= 11 is 3.40. The van der Waals surface area contributed by atoms with Crippen molar-refractivity contribution in [2.24, 2.45) is 5.92 Å². The number of unbranched alkanes of at least 4 members (excludes halogenated alkanes) is 1. The van der Waals surface area contributed by atoms with E-state index < -0.39 is 0 Å². The smallest absolute Gasteiger partial charge is 0.227 e. The van der Waals surface area contributed by atoms with Gasteiger partial charge in [0.15, 0.2) is 0 Å². The molecule has 0 aliphatic carbocycles. The fourth-order valence-corrected chi connectivity index (χ4v) is 2.70. The monoisotopic (exact) mass is 338 g/mol. The van der Waals surface area contributed by atoms with Crippen molar-refractivity contribution >= 4 is 33.4 Å². The van der Waals surface area contributed by atoms with E-state index in [1.165, 1.54) is 0 Å². The Bertz CT molecular complexity index is 504. The molecule has 1 heterocycles. The van der Waals surface area contributed by atoms with Crippen LogP contribution in [0.4, 0.5) is 5.69 Å². The van der Waals surface area contributed by atoms with E-state index in [0.717, 1.165) is 23.0 Å². The SMILES string of the molecule is CCCCNC(=O)C1CC(=O)N(c2cccc(Br)c2)C1. The van der Waals surface area contributed by atoms with Gasteiger partial charge in [0.1, 0.15) is 0 Å². The zero-order valence-corrected chi connectivity index (χ0v) is 13.1. The molecule has 1 atom stereocenters. The lowest BCUT2D eigenvalue weighted by Crippen LogP contribution is -2.33. The predicted octanol–water partition coefficient (Wildman–Crippen LogP) is 2.72. The molecule has 0 aromatic heterocycles. The van der Waals surface area contributed by atoms with E-state index >= 15 is 0 Å². The molecular formula is C15H19BrN2O2. The first-order valence-electron chi connectivity index (χ1n) is 6.95. The highest BCUT2D eigenvalue weighted by Gasteiger charge is 2.34. The molecule has 0 bridgehead atoms. The molecule has 0 spiro atoms. The van der Waals surface area contributed by atoms with Gasteiger partial charge in [-0.1, -0.05) is 35.3 Å². The molecule has 1 aliphatic rings. The van der Waals surface area contributed by atoms with E-state index in [-0.39, 0.29) is 17.7 Å². The summed E-state index contributed by atoms with van der Waals surface area (Å²) in [5.74, 6) is -0.235. The first kappa shape index (κ1) is 15.0. The highest BCUT2D eigenvalue weighted by Crippen LogP contribution is 2.27. The van der Waals surface area contributed by atoms with Gasteiger partial charge in [0.2, 0.25) is 11.8 Å².